The second kappa shape index (κ2) is 11.0. The quantitative estimate of drug-likeness (QED) is 0.179. The Morgan fingerprint density at radius 1 is 1.12 bits per heavy atom. The molecule has 5 aromatic rings. The second-order valence-corrected chi connectivity index (χ2v) is 11.7. The van der Waals surface area contributed by atoms with Gasteiger partial charge in [0.25, 0.3) is 5.91 Å². The van der Waals surface area contributed by atoms with Crippen molar-refractivity contribution >= 4 is 49.3 Å². The monoisotopic (exact) mass is 582 g/mol. The first-order valence-corrected chi connectivity index (χ1v) is 14.5. The number of ether oxygens (including phenoxy) is 2. The number of aliphatic hydroxyl groups is 1. The van der Waals surface area contributed by atoms with Crippen LogP contribution in [0.25, 0.3) is 21.2 Å². The highest BCUT2D eigenvalue weighted by Gasteiger charge is 2.46. The molecule has 6 rings (SSSR count). The van der Waals surface area contributed by atoms with E-state index in [4.69, 9.17) is 18.9 Å². The van der Waals surface area contributed by atoms with Gasteiger partial charge in [-0.2, -0.15) is 0 Å². The van der Waals surface area contributed by atoms with Crippen molar-refractivity contribution in [3.63, 3.8) is 0 Å². The Morgan fingerprint density at radius 2 is 1.93 bits per heavy atom. The number of anilines is 1. The van der Waals surface area contributed by atoms with Crippen molar-refractivity contribution in [1.29, 1.82) is 0 Å². The van der Waals surface area contributed by atoms with Gasteiger partial charge in [-0.05, 0) is 66.8 Å². The van der Waals surface area contributed by atoms with Crippen molar-refractivity contribution in [2.45, 2.75) is 33.2 Å². The van der Waals surface area contributed by atoms with Gasteiger partial charge in [0.1, 0.15) is 5.75 Å². The van der Waals surface area contributed by atoms with Gasteiger partial charge < -0.3 is 19.0 Å². The topological polar surface area (TPSA) is 102 Å². The number of hydrogen-bond donors (Lipinski definition) is 1. The number of Topliss-reactive ketones (excluding diaryl/α,β-unsaturated/α-hetero) is 1. The number of nitrogens with zero attached hydrogens (tertiary/aromatic N) is 2. The Bertz CT molecular complexity index is 1870. The molecule has 3 heterocycles. The van der Waals surface area contributed by atoms with Crippen LogP contribution in [-0.2, 0) is 4.79 Å². The van der Waals surface area contributed by atoms with E-state index in [0.717, 1.165) is 22.2 Å². The largest absolute Gasteiger partial charge is 0.503 e. The number of carbonyl (C=O) groups is 2. The van der Waals surface area contributed by atoms with Crippen molar-refractivity contribution in [2.75, 3.05) is 18.6 Å². The molecule has 1 atom stereocenters. The van der Waals surface area contributed by atoms with E-state index in [1.54, 1.807) is 30.3 Å². The van der Waals surface area contributed by atoms with Crippen molar-refractivity contribution in [3.8, 4) is 11.5 Å². The molecule has 0 aliphatic carbocycles. The van der Waals surface area contributed by atoms with E-state index in [1.807, 2.05) is 43.3 Å². The number of para-hydroxylation sites is 1. The number of amides is 1. The van der Waals surface area contributed by atoms with Crippen molar-refractivity contribution < 1.29 is 28.6 Å². The summed E-state index contributed by atoms with van der Waals surface area (Å²) in [7, 11) is 1.52. The molecule has 1 aliphatic rings. The summed E-state index contributed by atoms with van der Waals surface area (Å²) in [4.78, 5) is 33.9. The van der Waals surface area contributed by atoms with Gasteiger partial charge in [0.2, 0.25) is 5.78 Å². The number of benzene rings is 3. The third kappa shape index (κ3) is 4.90. The minimum atomic E-state index is -0.963. The first-order chi connectivity index (χ1) is 20.2. The number of thiazole rings is 1. The van der Waals surface area contributed by atoms with Crippen LogP contribution in [0.1, 0.15) is 48.0 Å². The number of rotatable bonds is 9. The van der Waals surface area contributed by atoms with E-state index in [1.165, 1.54) is 23.3 Å². The second-order valence-electron chi connectivity index (χ2n) is 10.7. The lowest BCUT2D eigenvalue weighted by Crippen LogP contribution is -2.31. The molecule has 1 N–H and O–H groups in total. The molecule has 8 nitrogen and oxygen atoms in total. The number of furan rings is 1. The molecule has 0 radical (unpaired) electrons. The van der Waals surface area contributed by atoms with Gasteiger partial charge in [-0.1, -0.05) is 55.5 Å². The minimum Gasteiger partial charge on any atom is -0.503 e. The molecule has 42 heavy (non-hydrogen) atoms. The Balaban J connectivity index is 1.47. The number of carbonyl (C=O) groups excluding carboxylic acids is 2. The molecular weight excluding hydrogens is 552 g/mol. The fourth-order valence-corrected chi connectivity index (χ4v) is 6.19. The van der Waals surface area contributed by atoms with Gasteiger partial charge in [-0.15, -0.1) is 0 Å². The molecule has 0 fully saturated rings. The third-order valence-electron chi connectivity index (χ3n) is 7.28. The normalized spacial score (nSPS) is 15.4. The third-order valence-corrected chi connectivity index (χ3v) is 8.30. The number of fused-ring (bicyclic) bond motifs is 2. The molecular formula is C33H30N2O6S. The predicted molar refractivity (Wildman–Crippen MR) is 163 cm³/mol. The lowest BCUT2D eigenvalue weighted by atomic mass is 9.95. The molecule has 0 saturated carbocycles. The van der Waals surface area contributed by atoms with Gasteiger partial charge in [0.15, 0.2) is 28.0 Å². The van der Waals surface area contributed by atoms with Crippen molar-refractivity contribution in [3.05, 3.63) is 94.9 Å². The van der Waals surface area contributed by atoms with E-state index in [0.29, 0.717) is 45.7 Å². The Labute approximate surface area is 246 Å². The number of aromatic nitrogens is 1. The van der Waals surface area contributed by atoms with E-state index < -0.39 is 23.5 Å². The summed E-state index contributed by atoms with van der Waals surface area (Å²) in [5.41, 5.74) is 2.70. The SMILES string of the molecule is COc1cccc2cc(C(=O)C3=C(O)C(=O)N(c4nc5ccc(C)cc5s4)C3c3cccc(OCCC(C)C)c3)oc12. The van der Waals surface area contributed by atoms with Gasteiger partial charge in [-0.3, -0.25) is 14.5 Å². The van der Waals surface area contributed by atoms with E-state index in [2.05, 4.69) is 13.8 Å². The molecule has 1 aliphatic heterocycles. The summed E-state index contributed by atoms with van der Waals surface area (Å²) in [6.07, 6.45) is 0.878. The smallest absolute Gasteiger partial charge is 0.296 e. The maximum Gasteiger partial charge on any atom is 0.296 e. The average Bonchev–Trinajstić information content (AvgIpc) is 3.66. The van der Waals surface area contributed by atoms with Crippen LogP contribution < -0.4 is 14.4 Å². The fraction of sp³-hybridized carbons (Fsp3) is 0.242. The lowest BCUT2D eigenvalue weighted by Gasteiger charge is -2.24. The molecule has 0 spiro atoms. The predicted octanol–water partition coefficient (Wildman–Crippen LogP) is 7.57. The van der Waals surface area contributed by atoms with Crippen LogP contribution in [-0.4, -0.2) is 35.5 Å². The summed E-state index contributed by atoms with van der Waals surface area (Å²) >= 11 is 1.33. The maximum absolute atomic E-state index is 14.1. The van der Waals surface area contributed by atoms with Gasteiger partial charge in [-0.25, -0.2) is 4.98 Å². The Hall–Kier alpha value is -4.63. The molecule has 0 saturated heterocycles. The van der Waals surface area contributed by atoms with Crippen molar-refractivity contribution in [2.24, 2.45) is 5.92 Å². The van der Waals surface area contributed by atoms with E-state index >= 15 is 0 Å². The molecule has 1 amide bonds. The number of ketones is 1. The highest BCUT2D eigenvalue weighted by molar-refractivity contribution is 7.22. The lowest BCUT2D eigenvalue weighted by molar-refractivity contribution is -0.117. The summed E-state index contributed by atoms with van der Waals surface area (Å²) in [5, 5.41) is 12.3. The van der Waals surface area contributed by atoms with Gasteiger partial charge in [0.05, 0.1) is 35.5 Å². The highest BCUT2D eigenvalue weighted by Crippen LogP contribution is 2.45. The maximum atomic E-state index is 14.1. The fourth-order valence-electron chi connectivity index (χ4n) is 5.10. The molecule has 214 valence electrons. The highest BCUT2D eigenvalue weighted by atomic mass is 32.1. The number of hydrogen-bond acceptors (Lipinski definition) is 8. The number of aliphatic hydroxyl groups excluding tert-OH is 1. The molecule has 3 aromatic carbocycles. The minimum absolute atomic E-state index is 0.0139. The first-order valence-electron chi connectivity index (χ1n) is 13.7. The summed E-state index contributed by atoms with van der Waals surface area (Å²) in [5.74, 6) is -0.411. The van der Waals surface area contributed by atoms with E-state index in [-0.39, 0.29) is 11.3 Å². The first kappa shape index (κ1) is 27.5. The van der Waals surface area contributed by atoms with Gasteiger partial charge in [0, 0.05) is 5.39 Å². The zero-order chi connectivity index (χ0) is 29.5. The summed E-state index contributed by atoms with van der Waals surface area (Å²) in [6, 6.07) is 19.1. The van der Waals surface area contributed by atoms with Crippen LogP contribution in [0.4, 0.5) is 5.13 Å². The zero-order valence-corrected chi connectivity index (χ0v) is 24.5. The van der Waals surface area contributed by atoms with Gasteiger partial charge >= 0.3 is 0 Å². The van der Waals surface area contributed by atoms with Crippen LogP contribution >= 0.6 is 11.3 Å². The van der Waals surface area contributed by atoms with Crippen LogP contribution in [0.2, 0.25) is 0 Å². The van der Waals surface area contributed by atoms with Crippen molar-refractivity contribution in [1.82, 2.24) is 4.98 Å². The van der Waals surface area contributed by atoms with Crippen LogP contribution in [0.5, 0.6) is 11.5 Å². The van der Waals surface area contributed by atoms with Crippen LogP contribution in [0, 0.1) is 12.8 Å². The molecule has 0 bridgehead atoms. The Kier molecular flexibility index (Phi) is 7.20. The molecule has 2 aromatic heterocycles. The zero-order valence-electron chi connectivity index (χ0n) is 23.7. The number of aryl methyl sites for hydroxylation is 1. The summed E-state index contributed by atoms with van der Waals surface area (Å²) < 4.78 is 18.2. The standard InChI is InChI=1S/C33H30N2O6S/c1-18(2)13-14-40-22-9-5-7-20(16-22)28-27(29(36)25-17-21-8-6-10-24(39-4)31(21)41-25)30(37)32(38)35(28)33-34-23-12-11-19(3)15-26(23)42-33/h5-12,15-18,28,37H,13-14H2,1-4H3. The Morgan fingerprint density at radius 3 is 2.71 bits per heavy atom. The van der Waals surface area contributed by atoms with Crippen LogP contribution in [0.3, 0.4) is 0 Å². The number of methoxy groups -OCH3 is 1. The molecule has 1 unspecified atom stereocenters. The van der Waals surface area contributed by atoms with Crippen LogP contribution in [0.15, 0.2) is 82.5 Å². The average molecular weight is 583 g/mol. The summed E-state index contributed by atoms with van der Waals surface area (Å²) in [6.45, 7) is 6.76. The van der Waals surface area contributed by atoms with E-state index in [9.17, 15) is 14.7 Å². The molecule has 9 heteroatoms.